The van der Waals surface area contributed by atoms with Gasteiger partial charge in [0, 0.05) is 6.42 Å². The molecule has 0 aromatic heterocycles. The summed E-state index contributed by atoms with van der Waals surface area (Å²) in [4.78, 5) is 3.91. The van der Waals surface area contributed by atoms with Crippen molar-refractivity contribution in [1.82, 2.24) is 0 Å². The Kier molecular flexibility index (Phi) is 13.2. The fourth-order valence-electron chi connectivity index (χ4n) is 0.876. The summed E-state index contributed by atoms with van der Waals surface area (Å²) in [5, 5.41) is 8.00. The summed E-state index contributed by atoms with van der Waals surface area (Å²) in [6, 6.07) is 0. The topological polar surface area (TPSA) is 38.7 Å². The molecule has 80 valence electrons. The number of hydrogen-bond acceptors (Lipinski definition) is 3. The van der Waals surface area contributed by atoms with Crippen LogP contribution in [0, 0.1) is 0 Å². The van der Waals surface area contributed by atoms with Gasteiger partial charge in [0.2, 0.25) is 0 Å². The average Bonchev–Trinajstić information content (AvgIpc) is 2.59. The minimum absolute atomic E-state index is 0.0162. The molecule has 3 nitrogen and oxygen atoms in total. The van der Waals surface area contributed by atoms with E-state index in [0.717, 1.165) is 18.6 Å². The lowest BCUT2D eigenvalue weighted by Crippen LogP contribution is -2.11. The molecule has 1 aliphatic heterocycles. The van der Waals surface area contributed by atoms with Gasteiger partial charge in [0.05, 0.1) is 5.76 Å². The van der Waals surface area contributed by atoms with Gasteiger partial charge in [-0.1, -0.05) is 34.3 Å². The van der Waals surface area contributed by atoms with E-state index in [2.05, 4.69) is 11.5 Å². The second-order valence-corrected chi connectivity index (χ2v) is 2.11. The van der Waals surface area contributed by atoms with Gasteiger partial charge in [-0.3, -0.25) is 5.26 Å². The Morgan fingerprint density at radius 1 is 1.46 bits per heavy atom. The smallest absolute Gasteiger partial charge is 0.125 e. The van der Waals surface area contributed by atoms with Gasteiger partial charge in [0.1, 0.15) is 12.7 Å². The van der Waals surface area contributed by atoms with E-state index in [0.29, 0.717) is 0 Å². The summed E-state index contributed by atoms with van der Waals surface area (Å²) in [5.41, 5.74) is 0. The van der Waals surface area contributed by atoms with Gasteiger partial charge in [-0.15, -0.1) is 0 Å². The van der Waals surface area contributed by atoms with Crippen LogP contribution in [0.2, 0.25) is 0 Å². The van der Waals surface area contributed by atoms with Gasteiger partial charge in [0.15, 0.2) is 0 Å². The van der Waals surface area contributed by atoms with Crippen LogP contribution in [-0.4, -0.2) is 18.0 Å². The van der Waals surface area contributed by atoms with E-state index in [1.165, 1.54) is 0 Å². The zero-order valence-corrected chi connectivity index (χ0v) is 9.17. The lowest BCUT2D eigenvalue weighted by Gasteiger charge is -2.05. The molecule has 1 N–H and O–H groups in total. The average molecular weight is 190 g/mol. The Hall–Kier alpha value is -0.540. The van der Waals surface area contributed by atoms with Gasteiger partial charge in [-0.2, -0.15) is 0 Å². The minimum Gasteiger partial charge on any atom is -0.493 e. The molecule has 1 aliphatic rings. The van der Waals surface area contributed by atoms with Crippen LogP contribution in [0.1, 0.15) is 40.5 Å². The fourth-order valence-corrected chi connectivity index (χ4v) is 0.876. The van der Waals surface area contributed by atoms with E-state index in [-0.39, 0.29) is 12.7 Å². The van der Waals surface area contributed by atoms with Crippen molar-refractivity contribution in [1.29, 1.82) is 0 Å². The summed E-state index contributed by atoms with van der Waals surface area (Å²) in [7, 11) is 0. The van der Waals surface area contributed by atoms with E-state index in [1.807, 2.05) is 27.7 Å². The van der Waals surface area contributed by atoms with Gasteiger partial charge in [-0.25, -0.2) is 4.89 Å². The highest BCUT2D eigenvalue weighted by Crippen LogP contribution is 2.20. The summed E-state index contributed by atoms with van der Waals surface area (Å²) in [5.74, 6) is 0.789. The van der Waals surface area contributed by atoms with Crippen LogP contribution in [0.3, 0.4) is 0 Å². The molecule has 13 heavy (non-hydrogen) atoms. The fraction of sp³-hybridized carbons (Fsp3) is 0.800. The highest BCUT2D eigenvalue weighted by molar-refractivity contribution is 4.90. The van der Waals surface area contributed by atoms with Crippen LogP contribution in [0.25, 0.3) is 0 Å². The lowest BCUT2D eigenvalue weighted by molar-refractivity contribution is -0.255. The SMILES string of the molecule is C=C1CCC(COO)O1.CC.CC. The largest absolute Gasteiger partial charge is 0.493 e. The molecular weight excluding hydrogens is 168 g/mol. The lowest BCUT2D eigenvalue weighted by atomic mass is 10.2. The predicted molar refractivity (Wildman–Crippen MR) is 54.5 cm³/mol. The zero-order valence-electron chi connectivity index (χ0n) is 9.17. The van der Waals surface area contributed by atoms with Gasteiger partial charge < -0.3 is 4.74 Å². The molecule has 0 aromatic carbocycles. The molecule has 0 aliphatic carbocycles. The van der Waals surface area contributed by atoms with E-state index in [1.54, 1.807) is 0 Å². The van der Waals surface area contributed by atoms with Crippen LogP contribution in [0.5, 0.6) is 0 Å². The highest BCUT2D eigenvalue weighted by atomic mass is 17.1. The monoisotopic (exact) mass is 190 g/mol. The first kappa shape index (κ1) is 15.0. The quantitative estimate of drug-likeness (QED) is 0.536. The molecule has 1 fully saturated rings. The number of hydrogen-bond donors (Lipinski definition) is 1. The third-order valence-corrected chi connectivity index (χ3v) is 1.34. The molecule has 0 spiro atoms. The van der Waals surface area contributed by atoms with Crippen molar-refractivity contribution in [3.05, 3.63) is 12.3 Å². The molecule has 1 saturated heterocycles. The molecule has 1 rings (SSSR count). The zero-order chi connectivity index (χ0) is 10.7. The van der Waals surface area contributed by atoms with Crippen molar-refractivity contribution in [3.63, 3.8) is 0 Å². The molecule has 0 radical (unpaired) electrons. The third-order valence-electron chi connectivity index (χ3n) is 1.34. The molecule has 0 amide bonds. The molecule has 3 heteroatoms. The maximum absolute atomic E-state index is 8.00. The molecule has 0 saturated carbocycles. The van der Waals surface area contributed by atoms with Crippen molar-refractivity contribution in [3.8, 4) is 0 Å². The summed E-state index contributed by atoms with van der Waals surface area (Å²) < 4.78 is 5.12. The van der Waals surface area contributed by atoms with Gasteiger partial charge in [0.25, 0.3) is 0 Å². The van der Waals surface area contributed by atoms with Gasteiger partial charge in [-0.05, 0) is 6.42 Å². The highest BCUT2D eigenvalue weighted by Gasteiger charge is 2.18. The van der Waals surface area contributed by atoms with Crippen molar-refractivity contribution >= 4 is 0 Å². The number of ether oxygens (including phenoxy) is 1. The number of allylic oxidation sites excluding steroid dienone is 1. The first-order chi connectivity index (χ1) is 6.33. The normalized spacial score (nSPS) is 19.2. The summed E-state index contributed by atoms with van der Waals surface area (Å²) in [6.07, 6.45) is 1.80. The number of rotatable bonds is 2. The van der Waals surface area contributed by atoms with E-state index >= 15 is 0 Å². The maximum atomic E-state index is 8.00. The standard InChI is InChI=1S/C6H10O3.2C2H6/c1-5-2-3-6(9-5)4-8-7;2*1-2/h6-7H,1-4H2;2*1-2H3. The predicted octanol–water partition coefficient (Wildman–Crippen LogP) is 3.22. The Bertz CT molecular complexity index is 113. The molecule has 1 unspecified atom stereocenters. The Morgan fingerprint density at radius 3 is 2.31 bits per heavy atom. The van der Waals surface area contributed by atoms with Crippen LogP contribution in [-0.2, 0) is 9.62 Å². The molecule has 1 atom stereocenters. The molecule has 0 aromatic rings. The molecular formula is C10H22O3. The second-order valence-electron chi connectivity index (χ2n) is 2.11. The van der Waals surface area contributed by atoms with Crippen molar-refractivity contribution in [2.24, 2.45) is 0 Å². The van der Waals surface area contributed by atoms with Crippen LogP contribution in [0.15, 0.2) is 12.3 Å². The summed E-state index contributed by atoms with van der Waals surface area (Å²) in [6.45, 7) is 11.9. The Labute approximate surface area is 81.3 Å². The Morgan fingerprint density at radius 2 is 2.00 bits per heavy atom. The Balaban J connectivity index is 0. The van der Waals surface area contributed by atoms with Crippen LogP contribution < -0.4 is 0 Å². The van der Waals surface area contributed by atoms with Gasteiger partial charge >= 0.3 is 0 Å². The van der Waals surface area contributed by atoms with Crippen molar-refractivity contribution in [2.45, 2.75) is 46.6 Å². The van der Waals surface area contributed by atoms with E-state index < -0.39 is 0 Å². The molecule has 1 heterocycles. The van der Waals surface area contributed by atoms with E-state index in [4.69, 9.17) is 9.99 Å². The first-order valence-corrected chi connectivity index (χ1v) is 4.93. The third kappa shape index (κ3) is 7.81. The first-order valence-electron chi connectivity index (χ1n) is 4.93. The van der Waals surface area contributed by atoms with Crippen LogP contribution >= 0.6 is 0 Å². The van der Waals surface area contributed by atoms with Crippen molar-refractivity contribution < 1.29 is 14.9 Å². The molecule has 0 bridgehead atoms. The van der Waals surface area contributed by atoms with Crippen LogP contribution in [0.4, 0.5) is 0 Å². The van der Waals surface area contributed by atoms with E-state index in [9.17, 15) is 0 Å². The maximum Gasteiger partial charge on any atom is 0.125 e. The second kappa shape index (κ2) is 11.5. The van der Waals surface area contributed by atoms with Crippen molar-refractivity contribution in [2.75, 3.05) is 6.61 Å². The minimum atomic E-state index is 0.0162. The summed E-state index contributed by atoms with van der Waals surface area (Å²) >= 11 is 0.